The molecule has 0 fully saturated rings. The van der Waals surface area contributed by atoms with Gasteiger partial charge in [0.1, 0.15) is 4.38 Å². The van der Waals surface area contributed by atoms with Crippen molar-refractivity contribution in [2.75, 3.05) is 31.8 Å². The highest BCUT2D eigenvalue weighted by Gasteiger charge is 2.10. The fourth-order valence-electron chi connectivity index (χ4n) is 0.811. The summed E-state index contributed by atoms with van der Waals surface area (Å²) in [5, 5.41) is 9.30. The number of ether oxygens (including phenoxy) is 1. The molecule has 1 unspecified atom stereocenters. The first kappa shape index (κ1) is 10.4. The van der Waals surface area contributed by atoms with Gasteiger partial charge in [0.25, 0.3) is 0 Å². The lowest BCUT2D eigenvalue weighted by Gasteiger charge is -2.07. The highest BCUT2D eigenvalue weighted by atomic mass is 32.2. The van der Waals surface area contributed by atoms with Gasteiger partial charge in [-0.3, -0.25) is 4.99 Å². The summed E-state index contributed by atoms with van der Waals surface area (Å²) in [7, 11) is 1.59. The van der Waals surface area contributed by atoms with Gasteiger partial charge in [-0.1, -0.05) is 23.5 Å². The van der Waals surface area contributed by atoms with Crippen molar-refractivity contribution in [3.63, 3.8) is 0 Å². The van der Waals surface area contributed by atoms with Crippen LogP contribution in [0.3, 0.4) is 0 Å². The van der Waals surface area contributed by atoms with Crippen LogP contribution in [0.1, 0.15) is 0 Å². The third kappa shape index (κ3) is 3.80. The minimum absolute atomic E-state index is 0.371. The number of hydrogen-bond acceptors (Lipinski definition) is 5. The zero-order valence-corrected chi connectivity index (χ0v) is 8.66. The van der Waals surface area contributed by atoms with Crippen LogP contribution in [0, 0.1) is 0 Å². The molecular formula is C7H13NO2S2. The van der Waals surface area contributed by atoms with Gasteiger partial charge in [-0.15, -0.1) is 0 Å². The molecule has 3 nitrogen and oxygen atoms in total. The van der Waals surface area contributed by atoms with Crippen LogP contribution in [0.5, 0.6) is 0 Å². The number of thioether (sulfide) groups is 2. The number of aliphatic hydroxyl groups is 1. The van der Waals surface area contributed by atoms with Crippen LogP contribution in [0.2, 0.25) is 0 Å². The third-order valence-electron chi connectivity index (χ3n) is 1.32. The number of aliphatic hydroxyl groups excluding tert-OH is 1. The highest BCUT2D eigenvalue weighted by Crippen LogP contribution is 2.22. The maximum Gasteiger partial charge on any atom is 0.124 e. The molecule has 0 aromatic carbocycles. The molecule has 0 radical (unpaired) electrons. The monoisotopic (exact) mass is 207 g/mol. The molecule has 0 amide bonds. The molecule has 12 heavy (non-hydrogen) atoms. The predicted molar refractivity (Wildman–Crippen MR) is 55.1 cm³/mol. The van der Waals surface area contributed by atoms with Crippen molar-refractivity contribution in [2.45, 2.75) is 6.10 Å². The highest BCUT2D eigenvalue weighted by molar-refractivity contribution is 8.39. The van der Waals surface area contributed by atoms with Gasteiger partial charge in [0.15, 0.2) is 0 Å². The molecule has 70 valence electrons. The van der Waals surface area contributed by atoms with Gasteiger partial charge in [-0.25, -0.2) is 0 Å². The van der Waals surface area contributed by atoms with Crippen molar-refractivity contribution < 1.29 is 9.84 Å². The smallest absolute Gasteiger partial charge is 0.124 e. The summed E-state index contributed by atoms with van der Waals surface area (Å²) >= 11 is 3.38. The van der Waals surface area contributed by atoms with Crippen molar-refractivity contribution in [1.82, 2.24) is 0 Å². The second-order valence-corrected chi connectivity index (χ2v) is 4.77. The molecular weight excluding hydrogens is 194 g/mol. The molecule has 1 aliphatic rings. The van der Waals surface area contributed by atoms with Gasteiger partial charge in [0.05, 0.1) is 19.3 Å². The molecule has 0 spiro atoms. The van der Waals surface area contributed by atoms with Crippen LogP contribution >= 0.6 is 23.5 Å². The zero-order valence-electron chi connectivity index (χ0n) is 7.02. The van der Waals surface area contributed by atoms with E-state index in [1.54, 1.807) is 30.6 Å². The molecule has 1 atom stereocenters. The number of methoxy groups -OCH3 is 1. The summed E-state index contributed by atoms with van der Waals surface area (Å²) < 4.78 is 5.91. The van der Waals surface area contributed by atoms with E-state index in [2.05, 4.69) is 4.99 Å². The molecule has 1 heterocycles. The van der Waals surface area contributed by atoms with E-state index >= 15 is 0 Å². The summed E-state index contributed by atoms with van der Waals surface area (Å²) in [6, 6.07) is 0. The maximum absolute atomic E-state index is 9.30. The average Bonchev–Trinajstić information content (AvgIpc) is 2.53. The van der Waals surface area contributed by atoms with Gasteiger partial charge in [-0.2, -0.15) is 0 Å². The van der Waals surface area contributed by atoms with Crippen LogP contribution in [-0.2, 0) is 4.74 Å². The van der Waals surface area contributed by atoms with Crippen LogP contribution in [0.15, 0.2) is 4.99 Å². The van der Waals surface area contributed by atoms with Crippen molar-refractivity contribution in [3.05, 3.63) is 0 Å². The SMILES string of the molecule is COCC(O)CSC1=NCCS1. The van der Waals surface area contributed by atoms with Crippen LogP contribution in [0.25, 0.3) is 0 Å². The summed E-state index contributed by atoms with van der Waals surface area (Å²) in [6.45, 7) is 1.33. The number of hydrogen-bond donors (Lipinski definition) is 1. The Morgan fingerprint density at radius 3 is 3.25 bits per heavy atom. The standard InChI is InChI=1S/C7H13NO2S2/c1-10-4-6(9)5-12-7-8-2-3-11-7/h6,9H,2-5H2,1H3. The van der Waals surface area contributed by atoms with Gasteiger partial charge < -0.3 is 9.84 Å². The van der Waals surface area contributed by atoms with E-state index < -0.39 is 0 Å². The summed E-state index contributed by atoms with van der Waals surface area (Å²) in [5.74, 6) is 1.77. The van der Waals surface area contributed by atoms with Crippen LogP contribution in [0.4, 0.5) is 0 Å². The lowest BCUT2D eigenvalue weighted by molar-refractivity contribution is 0.0795. The van der Waals surface area contributed by atoms with Gasteiger partial charge in [0, 0.05) is 18.6 Å². The molecule has 0 bridgehead atoms. The minimum Gasteiger partial charge on any atom is -0.390 e. The van der Waals surface area contributed by atoms with E-state index in [9.17, 15) is 5.11 Å². The molecule has 1 N–H and O–H groups in total. The fourth-order valence-corrected chi connectivity index (χ4v) is 2.75. The largest absolute Gasteiger partial charge is 0.390 e. The number of aliphatic imine (C=N–C) groups is 1. The normalized spacial score (nSPS) is 19.3. The van der Waals surface area contributed by atoms with E-state index in [4.69, 9.17) is 4.74 Å². The third-order valence-corrected chi connectivity index (χ3v) is 3.71. The van der Waals surface area contributed by atoms with E-state index in [0.717, 1.165) is 16.7 Å². The van der Waals surface area contributed by atoms with E-state index in [1.807, 2.05) is 0 Å². The van der Waals surface area contributed by atoms with Crippen LogP contribution in [-0.4, -0.2) is 47.4 Å². The lowest BCUT2D eigenvalue weighted by atomic mass is 10.4. The van der Waals surface area contributed by atoms with Crippen molar-refractivity contribution >= 4 is 27.9 Å². The second-order valence-electron chi connectivity index (χ2n) is 2.42. The summed E-state index contributed by atoms with van der Waals surface area (Å²) in [6.07, 6.45) is -0.371. The predicted octanol–water partition coefficient (Wildman–Crippen LogP) is 0.830. The lowest BCUT2D eigenvalue weighted by Crippen LogP contribution is -2.17. The zero-order chi connectivity index (χ0) is 8.81. The number of rotatable bonds is 4. The Morgan fingerprint density at radius 2 is 2.67 bits per heavy atom. The molecule has 1 rings (SSSR count). The van der Waals surface area contributed by atoms with Crippen LogP contribution < -0.4 is 0 Å². The van der Waals surface area contributed by atoms with Gasteiger partial charge in [-0.05, 0) is 0 Å². The Labute approximate surface area is 81.0 Å². The Hall–Kier alpha value is 0.290. The average molecular weight is 207 g/mol. The minimum atomic E-state index is -0.371. The molecule has 0 aliphatic carbocycles. The van der Waals surface area contributed by atoms with E-state index in [-0.39, 0.29) is 6.10 Å². The first-order valence-electron chi connectivity index (χ1n) is 3.80. The maximum atomic E-state index is 9.30. The first-order chi connectivity index (χ1) is 5.83. The Morgan fingerprint density at radius 1 is 1.83 bits per heavy atom. The molecule has 5 heteroatoms. The van der Waals surface area contributed by atoms with E-state index in [0.29, 0.717) is 12.4 Å². The molecule has 0 aromatic rings. The van der Waals surface area contributed by atoms with Crippen molar-refractivity contribution in [3.8, 4) is 0 Å². The van der Waals surface area contributed by atoms with Gasteiger partial charge in [0.2, 0.25) is 0 Å². The second kappa shape index (κ2) is 5.85. The summed E-state index contributed by atoms with van der Waals surface area (Å²) in [4.78, 5) is 4.26. The molecule has 0 saturated carbocycles. The molecule has 0 saturated heterocycles. The fraction of sp³-hybridized carbons (Fsp3) is 0.857. The Bertz CT molecular complexity index is 163. The summed E-state index contributed by atoms with van der Waals surface area (Å²) in [5.41, 5.74) is 0. The van der Waals surface area contributed by atoms with E-state index in [1.165, 1.54) is 0 Å². The number of nitrogens with zero attached hydrogens (tertiary/aromatic N) is 1. The Kier molecular flexibility index (Phi) is 5.06. The topological polar surface area (TPSA) is 41.8 Å². The molecule has 1 aliphatic heterocycles. The molecule has 0 aromatic heterocycles. The van der Waals surface area contributed by atoms with Gasteiger partial charge >= 0.3 is 0 Å². The Balaban J connectivity index is 2.07. The van der Waals surface area contributed by atoms with Crippen molar-refractivity contribution in [1.29, 1.82) is 0 Å². The quantitative estimate of drug-likeness (QED) is 0.741. The van der Waals surface area contributed by atoms with Crippen molar-refractivity contribution in [2.24, 2.45) is 4.99 Å². The first-order valence-corrected chi connectivity index (χ1v) is 5.77.